The van der Waals surface area contributed by atoms with E-state index < -0.39 is 0 Å². The highest BCUT2D eigenvalue weighted by atomic mass is 16.5. The van der Waals surface area contributed by atoms with Gasteiger partial charge in [0.25, 0.3) is 0 Å². The van der Waals surface area contributed by atoms with Gasteiger partial charge in [0, 0.05) is 37.7 Å². The normalized spacial score (nSPS) is 53.6. The number of aliphatic hydroxyl groups is 1. The summed E-state index contributed by atoms with van der Waals surface area (Å²) >= 11 is 0. The second kappa shape index (κ2) is 7.98. The molecule has 172 valence electrons. The van der Waals surface area contributed by atoms with Crippen molar-refractivity contribution in [2.45, 2.75) is 113 Å². The average molecular weight is 422 g/mol. The number of hydrogen-bond donors (Lipinski definition) is 4. The van der Waals surface area contributed by atoms with Gasteiger partial charge in [-0.1, -0.05) is 19.3 Å². The van der Waals surface area contributed by atoms with Crippen molar-refractivity contribution < 1.29 is 20.9 Å². The first-order valence-corrected chi connectivity index (χ1v) is 13.1. The fraction of sp³-hybridized carbons (Fsp3) is 1.00. The number of fused-ring (bicyclic) bond motifs is 1. The standard InChI is InChI=1S/C25H45N3O2/c1-23-9-3-5-19-14-25(30-23,16-24(27,10-11-29)22(19)23)20-6-2-4-17(13-20)12-18-7-8-21(26)28-15-18/h17-22,28-29H,2-16,26-27H2,1H3/p+2/t17-,18?,19+,20-,21?,22+,23-,24+,25+/m1/s1. The van der Waals surface area contributed by atoms with Crippen LogP contribution in [0.1, 0.15) is 90.4 Å². The molecule has 5 heteroatoms. The van der Waals surface area contributed by atoms with Gasteiger partial charge in [-0.25, -0.2) is 0 Å². The second-order valence-electron chi connectivity index (χ2n) is 12.4. The van der Waals surface area contributed by atoms with Gasteiger partial charge in [0.05, 0.1) is 17.7 Å². The lowest BCUT2D eigenvalue weighted by Gasteiger charge is -2.68. The van der Waals surface area contributed by atoms with Crippen LogP contribution in [0.2, 0.25) is 0 Å². The predicted octanol–water partition coefficient (Wildman–Crippen LogP) is 1.54. The van der Waals surface area contributed by atoms with Gasteiger partial charge in [-0.2, -0.15) is 0 Å². The van der Waals surface area contributed by atoms with Crippen molar-refractivity contribution in [1.82, 2.24) is 0 Å². The molecule has 3 saturated carbocycles. The molecule has 3 aliphatic heterocycles. The molecule has 0 spiro atoms. The van der Waals surface area contributed by atoms with Crippen LogP contribution in [0.25, 0.3) is 0 Å². The molecule has 6 rings (SSSR count). The zero-order valence-corrected chi connectivity index (χ0v) is 19.3. The van der Waals surface area contributed by atoms with Crippen LogP contribution in [0.4, 0.5) is 0 Å². The lowest BCUT2D eigenvalue weighted by molar-refractivity contribution is -0.703. The Kier molecular flexibility index (Phi) is 5.76. The van der Waals surface area contributed by atoms with E-state index in [-0.39, 0.29) is 23.3 Å². The molecule has 5 nitrogen and oxygen atoms in total. The van der Waals surface area contributed by atoms with Crippen molar-refractivity contribution in [3.63, 3.8) is 0 Å². The third-order valence-corrected chi connectivity index (χ3v) is 10.2. The van der Waals surface area contributed by atoms with Crippen molar-refractivity contribution in [3.05, 3.63) is 0 Å². The van der Waals surface area contributed by atoms with E-state index in [1.165, 1.54) is 77.2 Å². The van der Waals surface area contributed by atoms with Gasteiger partial charge in [-0.3, -0.25) is 5.73 Å². The van der Waals surface area contributed by atoms with Crippen molar-refractivity contribution in [1.29, 1.82) is 0 Å². The van der Waals surface area contributed by atoms with Gasteiger partial charge >= 0.3 is 0 Å². The average Bonchev–Trinajstić information content (AvgIpc) is 2.69. The third-order valence-electron chi connectivity index (χ3n) is 10.2. The number of quaternary nitrogens is 2. The molecule has 9 atom stereocenters. The van der Waals surface area contributed by atoms with Gasteiger partial charge in [0.1, 0.15) is 11.7 Å². The van der Waals surface area contributed by atoms with E-state index in [1.54, 1.807) is 0 Å². The SMILES string of the molecule is C[C@@]12CCC[C@H]3C[C@@]([C@@H]4CCC[C@H](CC5CCC(N)[NH2+]C5)C4)(C[C@@]([NH3+])(CCO)[C@@H]31)O2. The van der Waals surface area contributed by atoms with Crippen LogP contribution in [-0.2, 0) is 4.74 Å². The molecular formula is C25H47N3O2+2. The molecule has 0 aromatic rings. The summed E-state index contributed by atoms with van der Waals surface area (Å²) < 4.78 is 7.22. The molecule has 0 aromatic carbocycles. The fourth-order valence-corrected chi connectivity index (χ4v) is 9.34. The first-order valence-electron chi connectivity index (χ1n) is 13.1. The summed E-state index contributed by atoms with van der Waals surface area (Å²) in [7, 11) is 0. The van der Waals surface area contributed by atoms with Crippen LogP contribution in [-0.4, -0.2) is 41.2 Å². The molecule has 3 saturated heterocycles. The van der Waals surface area contributed by atoms with Gasteiger partial charge < -0.3 is 20.9 Å². The van der Waals surface area contributed by atoms with Crippen molar-refractivity contribution in [2.24, 2.45) is 35.3 Å². The highest BCUT2D eigenvalue weighted by molar-refractivity contribution is 5.17. The lowest BCUT2D eigenvalue weighted by Crippen LogP contribution is -2.95. The van der Waals surface area contributed by atoms with Crippen LogP contribution in [0.15, 0.2) is 0 Å². The van der Waals surface area contributed by atoms with Gasteiger partial charge in [-0.15, -0.1) is 0 Å². The lowest BCUT2D eigenvalue weighted by atomic mass is 9.46. The fourth-order valence-electron chi connectivity index (χ4n) is 9.34. The molecule has 3 heterocycles. The number of piperidine rings is 1. The summed E-state index contributed by atoms with van der Waals surface area (Å²) in [5.41, 5.74) is 10.9. The Balaban J connectivity index is 1.34. The second-order valence-corrected chi connectivity index (χ2v) is 12.4. The first-order chi connectivity index (χ1) is 14.4. The van der Waals surface area contributed by atoms with E-state index in [0.717, 1.165) is 30.6 Å². The minimum atomic E-state index is -0.0161. The van der Waals surface area contributed by atoms with Crippen LogP contribution in [0.3, 0.4) is 0 Å². The third kappa shape index (κ3) is 3.67. The molecule has 8 N–H and O–H groups in total. The topological polar surface area (TPSA) is 99.7 Å². The highest BCUT2D eigenvalue weighted by Gasteiger charge is 2.70. The molecule has 30 heavy (non-hydrogen) atoms. The van der Waals surface area contributed by atoms with Crippen molar-refractivity contribution in [3.8, 4) is 0 Å². The number of nitrogens with two attached hydrogens (primary N) is 2. The smallest absolute Gasteiger partial charge is 0.137 e. The predicted molar refractivity (Wildman–Crippen MR) is 117 cm³/mol. The Morgan fingerprint density at radius 2 is 2.00 bits per heavy atom. The summed E-state index contributed by atoms with van der Waals surface area (Å²) in [6, 6.07) is 0. The molecule has 0 radical (unpaired) electrons. The van der Waals surface area contributed by atoms with Crippen molar-refractivity contribution in [2.75, 3.05) is 13.2 Å². The molecule has 3 aliphatic carbocycles. The molecule has 4 bridgehead atoms. The van der Waals surface area contributed by atoms with E-state index in [2.05, 4.69) is 12.2 Å². The molecular weight excluding hydrogens is 374 g/mol. The largest absolute Gasteiger partial charge is 0.396 e. The van der Waals surface area contributed by atoms with Crippen molar-refractivity contribution >= 4 is 0 Å². The zero-order chi connectivity index (χ0) is 21.0. The molecule has 2 unspecified atom stereocenters. The quantitative estimate of drug-likeness (QED) is 0.542. The van der Waals surface area contributed by atoms with Crippen LogP contribution < -0.4 is 16.8 Å². The summed E-state index contributed by atoms with van der Waals surface area (Å²) in [5, 5.41) is 12.3. The highest BCUT2D eigenvalue weighted by Crippen LogP contribution is 2.64. The van der Waals surface area contributed by atoms with E-state index >= 15 is 0 Å². The Bertz CT molecular complexity index is 624. The Morgan fingerprint density at radius 1 is 1.13 bits per heavy atom. The number of aliphatic hydroxyl groups excluding tert-OH is 1. The first kappa shape index (κ1) is 21.6. The minimum absolute atomic E-state index is 0.00645. The maximum absolute atomic E-state index is 9.90. The molecule has 0 aromatic heterocycles. The number of ether oxygens (including phenoxy) is 1. The molecule has 6 fully saturated rings. The van der Waals surface area contributed by atoms with Gasteiger partial charge in [-0.05, 0) is 69.6 Å². The Labute approximate surface area is 183 Å². The monoisotopic (exact) mass is 421 g/mol. The molecule has 0 amide bonds. The summed E-state index contributed by atoms with van der Waals surface area (Å²) in [5.74, 6) is 3.69. The van der Waals surface area contributed by atoms with Crippen LogP contribution >= 0.6 is 0 Å². The van der Waals surface area contributed by atoms with E-state index in [9.17, 15) is 5.11 Å². The summed E-state index contributed by atoms with van der Waals surface area (Å²) in [4.78, 5) is 0. The van der Waals surface area contributed by atoms with E-state index in [1.807, 2.05) is 0 Å². The number of rotatable bonds is 5. The maximum Gasteiger partial charge on any atom is 0.137 e. The van der Waals surface area contributed by atoms with Gasteiger partial charge in [0.2, 0.25) is 0 Å². The van der Waals surface area contributed by atoms with E-state index in [4.69, 9.17) is 16.2 Å². The maximum atomic E-state index is 9.90. The van der Waals surface area contributed by atoms with Crippen LogP contribution in [0, 0.1) is 29.6 Å². The Hall–Kier alpha value is -0.200. The number of hydrogen-bond acceptors (Lipinski definition) is 3. The zero-order valence-electron chi connectivity index (χ0n) is 19.3. The summed E-state index contributed by atoms with van der Waals surface area (Å²) in [6.07, 6.45) is 16.7. The van der Waals surface area contributed by atoms with Gasteiger partial charge in [0.15, 0.2) is 0 Å². The summed E-state index contributed by atoms with van der Waals surface area (Å²) in [6.45, 7) is 3.90. The Morgan fingerprint density at radius 3 is 2.73 bits per heavy atom. The van der Waals surface area contributed by atoms with Crippen LogP contribution in [0.5, 0.6) is 0 Å². The molecule has 6 aliphatic rings. The minimum Gasteiger partial charge on any atom is -0.396 e. The van der Waals surface area contributed by atoms with E-state index in [0.29, 0.717) is 18.0 Å².